The fourth-order valence-corrected chi connectivity index (χ4v) is 2.02. The van der Waals surface area contributed by atoms with Crippen molar-refractivity contribution in [3.63, 3.8) is 0 Å². The van der Waals surface area contributed by atoms with Gasteiger partial charge >= 0.3 is 0 Å². The molecule has 0 radical (unpaired) electrons. The van der Waals surface area contributed by atoms with E-state index in [2.05, 4.69) is 48.2 Å². The first-order valence-corrected chi connectivity index (χ1v) is 4.59. The zero-order chi connectivity index (χ0) is 8.84. The maximum atomic E-state index is 2.30. The van der Waals surface area contributed by atoms with E-state index in [-0.39, 0.29) is 0 Å². The minimum absolute atomic E-state index is 1.10. The van der Waals surface area contributed by atoms with Gasteiger partial charge in [0.05, 0.1) is 0 Å². The Morgan fingerprint density at radius 1 is 1.31 bits per heavy atom. The van der Waals surface area contributed by atoms with Crippen LogP contribution in [-0.4, -0.2) is 4.57 Å². The average molecular weight is 169 g/mol. The molecule has 1 aliphatic rings. The maximum absolute atomic E-state index is 2.30. The second-order valence-electron chi connectivity index (χ2n) is 3.64. The van der Waals surface area contributed by atoms with Crippen LogP contribution in [0.4, 0.5) is 0 Å². The molecule has 1 aromatic carbocycles. The van der Waals surface area contributed by atoms with Gasteiger partial charge in [-0.2, -0.15) is 0 Å². The summed E-state index contributed by atoms with van der Waals surface area (Å²) in [5, 5.41) is 1.35. The predicted molar refractivity (Wildman–Crippen MR) is 55.7 cm³/mol. The fourth-order valence-electron chi connectivity index (χ4n) is 2.02. The van der Waals surface area contributed by atoms with Gasteiger partial charge in [-0.25, -0.2) is 0 Å². The van der Waals surface area contributed by atoms with Gasteiger partial charge in [0.2, 0.25) is 0 Å². The van der Waals surface area contributed by atoms with Crippen molar-refractivity contribution in [2.75, 3.05) is 0 Å². The van der Waals surface area contributed by atoms with Crippen LogP contribution < -0.4 is 0 Å². The van der Waals surface area contributed by atoms with Crippen molar-refractivity contribution in [1.29, 1.82) is 0 Å². The number of fused-ring (bicyclic) bond motifs is 2. The Morgan fingerprint density at radius 2 is 2.23 bits per heavy atom. The van der Waals surface area contributed by atoms with Gasteiger partial charge in [0.15, 0.2) is 0 Å². The van der Waals surface area contributed by atoms with Gasteiger partial charge in [0.1, 0.15) is 0 Å². The molecule has 0 saturated carbocycles. The van der Waals surface area contributed by atoms with Crippen LogP contribution in [0, 0.1) is 0 Å². The summed E-state index contributed by atoms with van der Waals surface area (Å²) in [6, 6.07) is 6.74. The van der Waals surface area contributed by atoms with E-state index in [1.54, 1.807) is 0 Å². The largest absolute Gasteiger partial charge is 0.351 e. The van der Waals surface area contributed by atoms with E-state index >= 15 is 0 Å². The van der Waals surface area contributed by atoms with Crippen LogP contribution in [0.1, 0.15) is 11.1 Å². The van der Waals surface area contributed by atoms with E-state index in [0.717, 1.165) is 6.42 Å². The molecule has 1 nitrogen and oxygen atoms in total. The molecule has 3 rings (SSSR count). The van der Waals surface area contributed by atoms with Gasteiger partial charge in [-0.15, -0.1) is 0 Å². The number of allylic oxidation sites excluding steroid dienone is 1. The van der Waals surface area contributed by atoms with E-state index < -0.39 is 0 Å². The molecule has 1 aliphatic carbocycles. The molecule has 13 heavy (non-hydrogen) atoms. The second kappa shape index (κ2) is 2.25. The highest BCUT2D eigenvalue weighted by molar-refractivity contribution is 5.85. The summed E-state index contributed by atoms with van der Waals surface area (Å²) in [6.07, 6.45) is 7.65. The molecule has 0 atom stereocenters. The zero-order valence-electron chi connectivity index (χ0n) is 7.62. The molecule has 1 heterocycles. The highest BCUT2D eigenvalue weighted by atomic mass is 14.9. The van der Waals surface area contributed by atoms with Crippen LogP contribution in [-0.2, 0) is 13.5 Å². The Bertz CT molecular complexity index is 503. The zero-order valence-corrected chi connectivity index (χ0v) is 7.62. The van der Waals surface area contributed by atoms with Crippen LogP contribution in [0.15, 0.2) is 30.5 Å². The highest BCUT2D eigenvalue weighted by Gasteiger charge is 2.07. The summed E-state index contributed by atoms with van der Waals surface area (Å²) in [5.74, 6) is 0. The summed E-state index contributed by atoms with van der Waals surface area (Å²) in [4.78, 5) is 0. The molecule has 0 spiro atoms. The Balaban J connectivity index is 2.43. The molecule has 1 heteroatoms. The van der Waals surface area contributed by atoms with Gasteiger partial charge in [0.25, 0.3) is 0 Å². The Hall–Kier alpha value is -1.50. The molecule has 2 aromatic rings. The lowest BCUT2D eigenvalue weighted by atomic mass is 10.1. The standard InChI is InChI=1S/C12H11N/c1-13-6-5-11-7-9-3-2-4-10(9)8-12(11)13/h2,4-8H,3H2,1H3. The lowest BCUT2D eigenvalue weighted by molar-refractivity contribution is 0.969. The van der Waals surface area contributed by atoms with Crippen LogP contribution in [0.2, 0.25) is 0 Å². The number of hydrogen-bond donors (Lipinski definition) is 0. The third-order valence-corrected chi connectivity index (χ3v) is 2.78. The molecule has 0 N–H and O–H groups in total. The Labute approximate surface area is 77.3 Å². The fraction of sp³-hybridized carbons (Fsp3) is 0.167. The van der Waals surface area contributed by atoms with E-state index in [1.807, 2.05) is 0 Å². The average Bonchev–Trinajstić information content (AvgIpc) is 2.70. The van der Waals surface area contributed by atoms with Gasteiger partial charge in [-0.05, 0) is 41.1 Å². The van der Waals surface area contributed by atoms with E-state index in [0.29, 0.717) is 0 Å². The maximum Gasteiger partial charge on any atom is 0.0483 e. The normalized spacial score (nSPS) is 13.9. The molecule has 64 valence electrons. The van der Waals surface area contributed by atoms with Crippen molar-refractivity contribution in [2.24, 2.45) is 7.05 Å². The number of nitrogens with zero attached hydrogens (tertiary/aromatic N) is 1. The van der Waals surface area contributed by atoms with Crippen molar-refractivity contribution < 1.29 is 0 Å². The van der Waals surface area contributed by atoms with Gasteiger partial charge in [-0.3, -0.25) is 0 Å². The Morgan fingerprint density at radius 3 is 3.15 bits per heavy atom. The SMILES string of the molecule is Cn1ccc2cc3c(cc21)C=CC3. The number of hydrogen-bond acceptors (Lipinski definition) is 0. The topological polar surface area (TPSA) is 4.93 Å². The highest BCUT2D eigenvalue weighted by Crippen LogP contribution is 2.25. The van der Waals surface area contributed by atoms with Gasteiger partial charge in [0, 0.05) is 18.8 Å². The monoisotopic (exact) mass is 169 g/mol. The minimum Gasteiger partial charge on any atom is -0.351 e. The van der Waals surface area contributed by atoms with Crippen LogP contribution in [0.3, 0.4) is 0 Å². The van der Waals surface area contributed by atoms with Crippen molar-refractivity contribution in [3.05, 3.63) is 41.6 Å². The summed E-state index contributed by atoms with van der Waals surface area (Å²) in [5.41, 5.74) is 4.17. The third-order valence-electron chi connectivity index (χ3n) is 2.78. The number of aryl methyl sites for hydroxylation is 1. The first kappa shape index (κ1) is 6.96. The van der Waals surface area contributed by atoms with Crippen molar-refractivity contribution >= 4 is 17.0 Å². The van der Waals surface area contributed by atoms with Crippen LogP contribution >= 0.6 is 0 Å². The molecule has 0 bridgehead atoms. The van der Waals surface area contributed by atoms with E-state index in [1.165, 1.54) is 22.0 Å². The van der Waals surface area contributed by atoms with Gasteiger partial charge < -0.3 is 4.57 Å². The predicted octanol–water partition coefficient (Wildman–Crippen LogP) is 2.75. The summed E-state index contributed by atoms with van der Waals surface area (Å²) < 4.78 is 2.17. The van der Waals surface area contributed by atoms with E-state index in [9.17, 15) is 0 Å². The lowest BCUT2D eigenvalue weighted by Crippen LogP contribution is -1.86. The van der Waals surface area contributed by atoms with Crippen molar-refractivity contribution in [2.45, 2.75) is 6.42 Å². The van der Waals surface area contributed by atoms with Crippen molar-refractivity contribution in [3.8, 4) is 0 Å². The minimum atomic E-state index is 1.10. The molecular formula is C12H11N. The summed E-state index contributed by atoms with van der Waals surface area (Å²) in [7, 11) is 2.09. The number of aromatic nitrogens is 1. The molecule has 0 saturated heterocycles. The molecule has 0 aliphatic heterocycles. The van der Waals surface area contributed by atoms with Crippen LogP contribution in [0.25, 0.3) is 17.0 Å². The molecular weight excluding hydrogens is 158 g/mol. The smallest absolute Gasteiger partial charge is 0.0483 e. The summed E-state index contributed by atoms with van der Waals surface area (Å²) >= 11 is 0. The van der Waals surface area contributed by atoms with Crippen LogP contribution in [0.5, 0.6) is 0 Å². The molecule has 0 fully saturated rings. The summed E-state index contributed by atoms with van der Waals surface area (Å²) in [6.45, 7) is 0. The lowest BCUT2D eigenvalue weighted by Gasteiger charge is -2.01. The van der Waals surface area contributed by atoms with E-state index in [4.69, 9.17) is 0 Å². The second-order valence-corrected chi connectivity index (χ2v) is 3.64. The number of rotatable bonds is 0. The Kier molecular flexibility index (Phi) is 1.21. The molecule has 1 aromatic heterocycles. The molecule has 0 unspecified atom stereocenters. The third kappa shape index (κ3) is 0.872. The van der Waals surface area contributed by atoms with Crippen molar-refractivity contribution in [1.82, 2.24) is 4.57 Å². The quantitative estimate of drug-likeness (QED) is 0.571. The van der Waals surface area contributed by atoms with Gasteiger partial charge in [-0.1, -0.05) is 12.2 Å². The number of benzene rings is 1. The first-order valence-electron chi connectivity index (χ1n) is 4.59. The molecule has 0 amide bonds. The first-order chi connectivity index (χ1) is 6.34.